The van der Waals surface area contributed by atoms with E-state index in [0.717, 1.165) is 0 Å². The SMILES string of the molecule is OC[C@@H]1O[C@H](O[C@@H]2[C@@H](O)[C@@H](O)O[C@H](CO)[C@@H]2O)[C@H](O)[C@H](O)[C@H]1O. The van der Waals surface area contributed by atoms with E-state index in [4.69, 9.17) is 24.4 Å². The van der Waals surface area contributed by atoms with Crippen molar-refractivity contribution in [3.05, 3.63) is 0 Å². The monoisotopic (exact) mass is 342 g/mol. The summed E-state index contributed by atoms with van der Waals surface area (Å²) in [6.07, 6.45) is -15.7. The summed E-state index contributed by atoms with van der Waals surface area (Å²) in [5.74, 6) is 0. The van der Waals surface area contributed by atoms with Crippen LogP contribution >= 0.6 is 0 Å². The maximum absolute atomic E-state index is 10.00. The Balaban J connectivity index is 2.11. The van der Waals surface area contributed by atoms with Crippen molar-refractivity contribution in [3.63, 3.8) is 0 Å². The molecule has 2 fully saturated rings. The molecule has 2 aliphatic rings. The zero-order valence-electron chi connectivity index (χ0n) is 12.0. The van der Waals surface area contributed by atoms with Crippen LogP contribution in [0, 0.1) is 0 Å². The number of aliphatic hydroxyl groups is 8. The van der Waals surface area contributed by atoms with Gasteiger partial charge in [0.15, 0.2) is 12.6 Å². The van der Waals surface area contributed by atoms with Gasteiger partial charge in [-0.25, -0.2) is 0 Å². The van der Waals surface area contributed by atoms with Crippen LogP contribution in [0.15, 0.2) is 0 Å². The summed E-state index contributed by atoms with van der Waals surface area (Å²) < 4.78 is 15.1. The molecule has 11 heteroatoms. The van der Waals surface area contributed by atoms with Gasteiger partial charge in [-0.3, -0.25) is 0 Å². The lowest BCUT2D eigenvalue weighted by atomic mass is 9.97. The normalized spacial score (nSPS) is 51.7. The quantitative estimate of drug-likeness (QED) is 0.243. The summed E-state index contributed by atoms with van der Waals surface area (Å²) in [6, 6.07) is 0. The Labute approximate surface area is 130 Å². The number of rotatable bonds is 4. The fraction of sp³-hybridized carbons (Fsp3) is 1.00. The maximum Gasteiger partial charge on any atom is 0.187 e. The zero-order chi connectivity index (χ0) is 17.3. The van der Waals surface area contributed by atoms with E-state index in [-0.39, 0.29) is 0 Å². The van der Waals surface area contributed by atoms with Crippen LogP contribution < -0.4 is 0 Å². The Morgan fingerprint density at radius 2 is 1.22 bits per heavy atom. The Kier molecular flexibility index (Phi) is 6.27. The fourth-order valence-corrected chi connectivity index (χ4v) is 2.56. The predicted octanol–water partition coefficient (Wildman–Crippen LogP) is -5.40. The highest BCUT2D eigenvalue weighted by Crippen LogP contribution is 2.28. The van der Waals surface area contributed by atoms with Crippen molar-refractivity contribution in [2.24, 2.45) is 0 Å². The summed E-state index contributed by atoms with van der Waals surface area (Å²) >= 11 is 0. The third-order valence-electron chi connectivity index (χ3n) is 3.98. The van der Waals surface area contributed by atoms with Crippen LogP contribution in [0.3, 0.4) is 0 Å². The van der Waals surface area contributed by atoms with Crippen molar-refractivity contribution >= 4 is 0 Å². The van der Waals surface area contributed by atoms with E-state index in [9.17, 15) is 30.6 Å². The second-order valence-electron chi connectivity index (χ2n) is 5.53. The number of hydrogen-bond acceptors (Lipinski definition) is 11. The van der Waals surface area contributed by atoms with Crippen molar-refractivity contribution in [1.82, 2.24) is 0 Å². The minimum absolute atomic E-state index is 0.667. The molecule has 0 aromatic carbocycles. The Hall–Kier alpha value is -0.440. The number of hydrogen-bond donors (Lipinski definition) is 8. The summed E-state index contributed by atoms with van der Waals surface area (Å²) in [7, 11) is 0. The largest absolute Gasteiger partial charge is 0.394 e. The summed E-state index contributed by atoms with van der Waals surface area (Å²) in [6.45, 7) is -1.34. The van der Waals surface area contributed by atoms with Gasteiger partial charge >= 0.3 is 0 Å². The lowest BCUT2D eigenvalue weighted by molar-refractivity contribution is -0.355. The van der Waals surface area contributed by atoms with Gasteiger partial charge in [-0.1, -0.05) is 0 Å². The van der Waals surface area contributed by atoms with E-state index in [0.29, 0.717) is 0 Å². The van der Waals surface area contributed by atoms with Gasteiger partial charge in [0.1, 0.15) is 48.8 Å². The highest BCUT2D eigenvalue weighted by molar-refractivity contribution is 4.93. The second-order valence-corrected chi connectivity index (χ2v) is 5.53. The Morgan fingerprint density at radius 1 is 0.652 bits per heavy atom. The molecule has 0 amide bonds. The van der Waals surface area contributed by atoms with Crippen LogP contribution in [0.25, 0.3) is 0 Å². The minimum Gasteiger partial charge on any atom is -0.394 e. The molecule has 11 nitrogen and oxygen atoms in total. The standard InChI is InChI=1S/C12H22O11/c13-1-3-5(15)7(17)8(18)12(22-3)23-10-6(16)4(2-14)21-11(20)9(10)19/h3-20H,1-2H2/t3-,4+,5-,6-,7+,8+,9+,10-,11-,12+/m0/s1. The Bertz CT molecular complexity index is 380. The molecule has 2 aliphatic heterocycles. The minimum atomic E-state index is -1.76. The maximum atomic E-state index is 10.00. The average molecular weight is 342 g/mol. The van der Waals surface area contributed by atoms with Gasteiger partial charge in [-0.15, -0.1) is 0 Å². The van der Waals surface area contributed by atoms with Gasteiger partial charge in [-0.05, 0) is 0 Å². The molecule has 0 aromatic heterocycles. The summed E-state index contributed by atoms with van der Waals surface area (Å²) in [4.78, 5) is 0. The molecule has 0 aromatic rings. The predicted molar refractivity (Wildman–Crippen MR) is 68.6 cm³/mol. The molecule has 136 valence electrons. The molecule has 2 rings (SSSR count). The smallest absolute Gasteiger partial charge is 0.187 e. The summed E-state index contributed by atoms with van der Waals surface area (Å²) in [5, 5.41) is 76.8. The van der Waals surface area contributed by atoms with Crippen molar-refractivity contribution in [3.8, 4) is 0 Å². The van der Waals surface area contributed by atoms with Gasteiger partial charge in [0, 0.05) is 0 Å². The van der Waals surface area contributed by atoms with Gasteiger partial charge < -0.3 is 55.1 Å². The van der Waals surface area contributed by atoms with Crippen LogP contribution in [0.2, 0.25) is 0 Å². The molecule has 23 heavy (non-hydrogen) atoms. The van der Waals surface area contributed by atoms with E-state index in [1.165, 1.54) is 0 Å². The summed E-state index contributed by atoms with van der Waals surface area (Å²) in [5.41, 5.74) is 0. The molecule has 0 radical (unpaired) electrons. The second kappa shape index (κ2) is 7.63. The average Bonchev–Trinajstić information content (AvgIpc) is 2.54. The first-order valence-electron chi connectivity index (χ1n) is 7.08. The van der Waals surface area contributed by atoms with Crippen LogP contribution in [0.4, 0.5) is 0 Å². The van der Waals surface area contributed by atoms with Gasteiger partial charge in [0.25, 0.3) is 0 Å². The van der Waals surface area contributed by atoms with Crippen LogP contribution in [0.5, 0.6) is 0 Å². The fourth-order valence-electron chi connectivity index (χ4n) is 2.56. The molecule has 2 heterocycles. The van der Waals surface area contributed by atoms with Crippen molar-refractivity contribution < 1.29 is 55.1 Å². The molecule has 10 atom stereocenters. The molecule has 0 bridgehead atoms. The molecule has 2 saturated heterocycles. The van der Waals surface area contributed by atoms with E-state index < -0.39 is 74.6 Å². The van der Waals surface area contributed by atoms with Crippen molar-refractivity contribution in [1.29, 1.82) is 0 Å². The molecular weight excluding hydrogens is 320 g/mol. The van der Waals surface area contributed by atoms with Crippen LogP contribution in [0.1, 0.15) is 0 Å². The lowest BCUT2D eigenvalue weighted by Crippen LogP contribution is -2.64. The third-order valence-corrected chi connectivity index (χ3v) is 3.98. The van der Waals surface area contributed by atoms with E-state index >= 15 is 0 Å². The van der Waals surface area contributed by atoms with Gasteiger partial charge in [0.2, 0.25) is 0 Å². The number of ether oxygens (including phenoxy) is 3. The van der Waals surface area contributed by atoms with Crippen molar-refractivity contribution in [2.75, 3.05) is 13.2 Å². The first-order valence-corrected chi connectivity index (χ1v) is 7.08. The molecule has 0 saturated carbocycles. The van der Waals surface area contributed by atoms with Crippen molar-refractivity contribution in [2.45, 2.75) is 61.4 Å². The molecular formula is C12H22O11. The molecule has 0 aliphatic carbocycles. The zero-order valence-corrected chi connectivity index (χ0v) is 12.0. The third kappa shape index (κ3) is 3.65. The van der Waals surface area contributed by atoms with E-state index in [1.807, 2.05) is 0 Å². The van der Waals surface area contributed by atoms with Crippen LogP contribution in [-0.2, 0) is 14.2 Å². The highest BCUT2D eigenvalue weighted by Gasteiger charge is 2.50. The first-order chi connectivity index (χ1) is 10.8. The van der Waals surface area contributed by atoms with E-state index in [2.05, 4.69) is 0 Å². The lowest BCUT2D eigenvalue weighted by Gasteiger charge is -2.45. The Morgan fingerprint density at radius 3 is 1.78 bits per heavy atom. The molecule has 0 unspecified atom stereocenters. The highest BCUT2D eigenvalue weighted by atomic mass is 16.7. The van der Waals surface area contributed by atoms with Gasteiger partial charge in [-0.2, -0.15) is 0 Å². The van der Waals surface area contributed by atoms with Crippen LogP contribution in [-0.4, -0.2) is 115 Å². The molecule has 0 spiro atoms. The van der Waals surface area contributed by atoms with Gasteiger partial charge in [0.05, 0.1) is 13.2 Å². The number of aliphatic hydroxyl groups excluding tert-OH is 8. The topological polar surface area (TPSA) is 190 Å². The first kappa shape index (κ1) is 18.9. The molecule has 8 N–H and O–H groups in total. The van der Waals surface area contributed by atoms with E-state index in [1.54, 1.807) is 0 Å².